The number of carboxylic acids is 1. The molecule has 3 nitrogen and oxygen atoms in total. The SMILES string of the molecule is Cc1cc(Br)c2nccc(SCC(=O)O)c2c1. The van der Waals surface area contributed by atoms with E-state index in [9.17, 15) is 4.79 Å². The first-order valence-electron chi connectivity index (χ1n) is 4.97. The molecular formula is C12H10BrNO2S. The van der Waals surface area contributed by atoms with E-state index in [0.717, 1.165) is 25.8 Å². The summed E-state index contributed by atoms with van der Waals surface area (Å²) in [6.45, 7) is 2.00. The van der Waals surface area contributed by atoms with Crippen molar-refractivity contribution in [3.05, 3.63) is 34.4 Å². The van der Waals surface area contributed by atoms with Crippen LogP contribution >= 0.6 is 27.7 Å². The highest BCUT2D eigenvalue weighted by Gasteiger charge is 2.08. The third-order valence-electron chi connectivity index (χ3n) is 2.25. The van der Waals surface area contributed by atoms with Gasteiger partial charge in [-0.2, -0.15) is 0 Å². The number of aromatic nitrogens is 1. The van der Waals surface area contributed by atoms with Gasteiger partial charge >= 0.3 is 5.97 Å². The molecule has 5 heteroatoms. The summed E-state index contributed by atoms with van der Waals surface area (Å²) in [4.78, 5) is 15.8. The second-order valence-electron chi connectivity index (χ2n) is 3.63. The Hall–Kier alpha value is -1.07. The number of hydrogen-bond acceptors (Lipinski definition) is 3. The maximum Gasteiger partial charge on any atom is 0.313 e. The molecule has 0 amide bonds. The van der Waals surface area contributed by atoms with Crippen LogP contribution in [0.3, 0.4) is 0 Å². The minimum absolute atomic E-state index is 0.0602. The average molecular weight is 312 g/mol. The topological polar surface area (TPSA) is 50.2 Å². The highest BCUT2D eigenvalue weighted by atomic mass is 79.9. The maximum atomic E-state index is 10.6. The van der Waals surface area contributed by atoms with E-state index in [1.54, 1.807) is 6.20 Å². The average Bonchev–Trinajstić information content (AvgIpc) is 2.26. The van der Waals surface area contributed by atoms with E-state index in [4.69, 9.17) is 5.11 Å². The predicted octanol–water partition coefficient (Wildman–Crippen LogP) is 3.48. The molecule has 0 aliphatic heterocycles. The molecule has 0 radical (unpaired) electrons. The van der Waals surface area contributed by atoms with Crippen molar-refractivity contribution in [2.45, 2.75) is 11.8 Å². The van der Waals surface area contributed by atoms with Gasteiger partial charge in [0, 0.05) is 21.0 Å². The summed E-state index contributed by atoms with van der Waals surface area (Å²) in [5.41, 5.74) is 1.99. The monoisotopic (exact) mass is 311 g/mol. The van der Waals surface area contributed by atoms with Crippen LogP contribution in [-0.2, 0) is 4.79 Å². The minimum Gasteiger partial charge on any atom is -0.481 e. The summed E-state index contributed by atoms with van der Waals surface area (Å²) in [5, 5.41) is 9.70. The minimum atomic E-state index is -0.813. The molecule has 88 valence electrons. The van der Waals surface area contributed by atoms with Gasteiger partial charge in [-0.05, 0) is 46.6 Å². The van der Waals surface area contributed by atoms with Crippen LogP contribution in [0.2, 0.25) is 0 Å². The Morgan fingerprint density at radius 2 is 2.29 bits per heavy atom. The van der Waals surface area contributed by atoms with Gasteiger partial charge in [-0.15, -0.1) is 11.8 Å². The normalized spacial score (nSPS) is 10.7. The van der Waals surface area contributed by atoms with Gasteiger partial charge in [0.15, 0.2) is 0 Å². The van der Waals surface area contributed by atoms with Gasteiger partial charge in [0.25, 0.3) is 0 Å². The molecule has 1 N–H and O–H groups in total. The van der Waals surface area contributed by atoms with Gasteiger partial charge < -0.3 is 5.11 Å². The quantitative estimate of drug-likeness (QED) is 0.882. The van der Waals surface area contributed by atoms with Gasteiger partial charge in [0.05, 0.1) is 11.3 Å². The number of aryl methyl sites for hydroxylation is 1. The summed E-state index contributed by atoms with van der Waals surface area (Å²) in [5.74, 6) is -0.753. The smallest absolute Gasteiger partial charge is 0.313 e. The molecule has 1 aromatic carbocycles. The highest BCUT2D eigenvalue weighted by Crippen LogP contribution is 2.31. The number of thioether (sulfide) groups is 1. The Morgan fingerprint density at radius 1 is 1.53 bits per heavy atom. The van der Waals surface area contributed by atoms with Crippen LogP contribution in [0.1, 0.15) is 5.56 Å². The number of nitrogens with zero attached hydrogens (tertiary/aromatic N) is 1. The lowest BCUT2D eigenvalue weighted by molar-refractivity contribution is -0.133. The molecule has 0 aliphatic rings. The Morgan fingerprint density at radius 3 is 3.00 bits per heavy atom. The Kier molecular flexibility index (Phi) is 3.69. The lowest BCUT2D eigenvalue weighted by Crippen LogP contribution is -1.97. The summed E-state index contributed by atoms with van der Waals surface area (Å²) in [7, 11) is 0. The first kappa shape index (κ1) is 12.4. The van der Waals surface area contributed by atoms with Crippen LogP contribution in [0.15, 0.2) is 33.8 Å². The van der Waals surface area contributed by atoms with Crippen molar-refractivity contribution in [1.29, 1.82) is 0 Å². The van der Waals surface area contributed by atoms with Gasteiger partial charge in [-0.25, -0.2) is 0 Å². The van der Waals surface area contributed by atoms with Crippen LogP contribution in [0.5, 0.6) is 0 Å². The third-order valence-corrected chi connectivity index (χ3v) is 3.92. The number of pyridine rings is 1. The van der Waals surface area contributed by atoms with Crippen LogP contribution in [-0.4, -0.2) is 21.8 Å². The predicted molar refractivity (Wildman–Crippen MR) is 72.5 cm³/mol. The number of fused-ring (bicyclic) bond motifs is 1. The largest absolute Gasteiger partial charge is 0.481 e. The number of halogens is 1. The van der Waals surface area contributed by atoms with E-state index < -0.39 is 5.97 Å². The molecule has 2 aromatic rings. The molecule has 0 saturated heterocycles. The zero-order valence-corrected chi connectivity index (χ0v) is 11.5. The molecular weight excluding hydrogens is 302 g/mol. The molecule has 0 fully saturated rings. The lowest BCUT2D eigenvalue weighted by atomic mass is 10.1. The fourth-order valence-electron chi connectivity index (χ4n) is 1.59. The van der Waals surface area contributed by atoms with Gasteiger partial charge in [-0.1, -0.05) is 0 Å². The summed E-state index contributed by atoms with van der Waals surface area (Å²) in [6, 6.07) is 5.88. The second kappa shape index (κ2) is 5.06. The van der Waals surface area contributed by atoms with E-state index in [1.165, 1.54) is 11.8 Å². The molecule has 0 unspecified atom stereocenters. The van der Waals surface area contributed by atoms with Crippen LogP contribution in [0.25, 0.3) is 10.9 Å². The zero-order valence-electron chi connectivity index (χ0n) is 9.11. The Bertz CT molecular complexity index is 586. The van der Waals surface area contributed by atoms with Gasteiger partial charge in [0.2, 0.25) is 0 Å². The third kappa shape index (κ3) is 2.79. The number of rotatable bonds is 3. The fourth-order valence-corrected chi connectivity index (χ4v) is 3.01. The Balaban J connectivity index is 2.52. The van der Waals surface area contributed by atoms with Gasteiger partial charge in [-0.3, -0.25) is 9.78 Å². The van der Waals surface area contributed by atoms with Crippen LogP contribution in [0.4, 0.5) is 0 Å². The van der Waals surface area contributed by atoms with Crippen LogP contribution in [0, 0.1) is 6.92 Å². The maximum absolute atomic E-state index is 10.6. The van der Waals surface area contributed by atoms with Crippen molar-refractivity contribution in [3.63, 3.8) is 0 Å². The number of benzene rings is 1. The molecule has 0 bridgehead atoms. The Labute approximate surface area is 111 Å². The molecule has 0 spiro atoms. The highest BCUT2D eigenvalue weighted by molar-refractivity contribution is 9.10. The second-order valence-corrected chi connectivity index (χ2v) is 5.51. The molecule has 1 heterocycles. The lowest BCUT2D eigenvalue weighted by Gasteiger charge is -2.07. The molecule has 0 saturated carbocycles. The molecule has 1 aromatic heterocycles. The molecule has 0 aliphatic carbocycles. The van der Waals surface area contributed by atoms with Crippen molar-refractivity contribution in [2.24, 2.45) is 0 Å². The van der Waals surface area contributed by atoms with Crippen LogP contribution < -0.4 is 0 Å². The zero-order chi connectivity index (χ0) is 12.4. The van der Waals surface area contributed by atoms with Crippen molar-refractivity contribution in [1.82, 2.24) is 4.98 Å². The summed E-state index contributed by atoms with van der Waals surface area (Å²) < 4.78 is 0.935. The van der Waals surface area contributed by atoms with E-state index in [0.29, 0.717) is 0 Å². The van der Waals surface area contributed by atoms with E-state index in [1.807, 2.05) is 25.1 Å². The standard InChI is InChI=1S/C12H10BrNO2S/c1-7-4-8-10(17-6-11(15)16)2-3-14-12(8)9(13)5-7/h2-5H,6H2,1H3,(H,15,16). The molecule has 17 heavy (non-hydrogen) atoms. The first-order valence-corrected chi connectivity index (χ1v) is 6.75. The number of hydrogen-bond donors (Lipinski definition) is 1. The first-order chi connectivity index (χ1) is 8.08. The van der Waals surface area contributed by atoms with E-state index >= 15 is 0 Å². The van der Waals surface area contributed by atoms with Crippen molar-refractivity contribution >= 4 is 44.6 Å². The van der Waals surface area contributed by atoms with E-state index in [2.05, 4.69) is 20.9 Å². The number of aliphatic carboxylic acids is 1. The van der Waals surface area contributed by atoms with Crippen molar-refractivity contribution in [2.75, 3.05) is 5.75 Å². The van der Waals surface area contributed by atoms with E-state index in [-0.39, 0.29) is 5.75 Å². The van der Waals surface area contributed by atoms with Crippen molar-refractivity contribution < 1.29 is 9.90 Å². The summed E-state index contributed by atoms with van der Waals surface area (Å²) in [6.07, 6.45) is 1.70. The van der Waals surface area contributed by atoms with Gasteiger partial charge in [0.1, 0.15) is 0 Å². The van der Waals surface area contributed by atoms with Crippen molar-refractivity contribution in [3.8, 4) is 0 Å². The number of carboxylic acid groups (broad SMARTS) is 1. The number of carbonyl (C=O) groups is 1. The molecule has 2 rings (SSSR count). The fraction of sp³-hybridized carbons (Fsp3) is 0.167. The molecule has 0 atom stereocenters. The summed E-state index contributed by atoms with van der Waals surface area (Å²) >= 11 is 4.79.